The molecule has 0 aliphatic carbocycles. The summed E-state index contributed by atoms with van der Waals surface area (Å²) in [6.45, 7) is 5.56. The van der Waals surface area contributed by atoms with Gasteiger partial charge in [0.2, 0.25) is 0 Å². The van der Waals surface area contributed by atoms with Crippen molar-refractivity contribution in [3.05, 3.63) is 88.6 Å². The zero-order chi connectivity index (χ0) is 18.8. The monoisotopic (exact) mass is 357 g/mol. The highest BCUT2D eigenvalue weighted by Gasteiger charge is 2.21. The molecule has 0 saturated carbocycles. The van der Waals surface area contributed by atoms with E-state index in [2.05, 4.69) is 60.5 Å². The molecule has 4 rings (SSSR count). The molecule has 1 aromatic heterocycles. The summed E-state index contributed by atoms with van der Waals surface area (Å²) < 4.78 is 0. The number of aromatic nitrogens is 1. The molecule has 1 amide bonds. The Hall–Kier alpha value is -3.14. The molecule has 0 bridgehead atoms. The second-order valence-electron chi connectivity index (χ2n) is 7.18. The third kappa shape index (κ3) is 3.85. The van der Waals surface area contributed by atoms with Crippen LogP contribution >= 0.6 is 0 Å². The lowest BCUT2D eigenvalue weighted by molar-refractivity contribution is 0.0734. The largest absolute Gasteiger partial charge is 0.340 e. The van der Waals surface area contributed by atoms with E-state index in [0.717, 1.165) is 24.5 Å². The number of hydrogen-bond donors (Lipinski definition) is 1. The van der Waals surface area contributed by atoms with Crippen LogP contribution in [0.25, 0.3) is 0 Å². The van der Waals surface area contributed by atoms with E-state index in [1.54, 1.807) is 6.20 Å². The molecular formula is C23H23N3O. The van der Waals surface area contributed by atoms with Crippen LogP contribution in [0.15, 0.2) is 60.8 Å². The topological polar surface area (TPSA) is 45.2 Å². The highest BCUT2D eigenvalue weighted by molar-refractivity contribution is 5.94. The Bertz CT molecular complexity index is 959. The van der Waals surface area contributed by atoms with E-state index in [-0.39, 0.29) is 5.91 Å². The van der Waals surface area contributed by atoms with Crippen LogP contribution in [-0.2, 0) is 13.0 Å². The number of benzene rings is 2. The maximum absolute atomic E-state index is 12.8. The molecule has 2 heterocycles. The lowest BCUT2D eigenvalue weighted by atomic mass is 9.99. The quantitative estimate of drug-likeness (QED) is 0.743. The van der Waals surface area contributed by atoms with Gasteiger partial charge in [-0.3, -0.25) is 4.79 Å². The standard InChI is InChI=1S/C23H23N3O/c1-16-11-17(2)13-21(12-16)25-22-8-7-19(14-24-22)23(27)26-10-9-18-5-3-4-6-20(18)15-26/h3-8,11-14H,9-10,15H2,1-2H3,(H,24,25). The number of fused-ring (bicyclic) bond motifs is 1. The third-order valence-electron chi connectivity index (χ3n) is 4.92. The molecule has 1 aliphatic rings. The number of carbonyl (C=O) groups excluding carboxylic acids is 1. The van der Waals surface area contributed by atoms with Crippen molar-refractivity contribution in [2.45, 2.75) is 26.8 Å². The molecule has 3 aromatic rings. The minimum absolute atomic E-state index is 0.0370. The first-order valence-electron chi connectivity index (χ1n) is 9.26. The Morgan fingerprint density at radius 1 is 1.00 bits per heavy atom. The van der Waals surface area contributed by atoms with Crippen molar-refractivity contribution in [2.75, 3.05) is 11.9 Å². The summed E-state index contributed by atoms with van der Waals surface area (Å²) in [5.74, 6) is 0.774. The van der Waals surface area contributed by atoms with Gasteiger partial charge in [0.25, 0.3) is 5.91 Å². The number of anilines is 2. The lowest BCUT2D eigenvalue weighted by Crippen LogP contribution is -2.35. The number of rotatable bonds is 3. The molecule has 0 fully saturated rings. The van der Waals surface area contributed by atoms with Crippen molar-refractivity contribution < 1.29 is 4.79 Å². The van der Waals surface area contributed by atoms with E-state index in [0.29, 0.717) is 12.1 Å². The second-order valence-corrected chi connectivity index (χ2v) is 7.18. The zero-order valence-corrected chi connectivity index (χ0v) is 15.7. The molecule has 0 unspecified atom stereocenters. The van der Waals surface area contributed by atoms with Gasteiger partial charge in [-0.05, 0) is 66.8 Å². The smallest absolute Gasteiger partial charge is 0.255 e. The average molecular weight is 357 g/mol. The SMILES string of the molecule is Cc1cc(C)cc(Nc2ccc(C(=O)N3CCc4ccccc4C3)cn2)c1. The predicted octanol–water partition coefficient (Wildman–Crippen LogP) is 4.64. The van der Waals surface area contributed by atoms with Crippen LogP contribution in [-0.4, -0.2) is 22.3 Å². The van der Waals surface area contributed by atoms with E-state index in [4.69, 9.17) is 0 Å². The Balaban J connectivity index is 1.46. The lowest BCUT2D eigenvalue weighted by Gasteiger charge is -2.28. The van der Waals surface area contributed by atoms with Crippen molar-refractivity contribution in [3.8, 4) is 0 Å². The normalized spacial score (nSPS) is 13.2. The molecular weight excluding hydrogens is 334 g/mol. The molecule has 27 heavy (non-hydrogen) atoms. The summed E-state index contributed by atoms with van der Waals surface area (Å²) >= 11 is 0. The van der Waals surface area contributed by atoms with Gasteiger partial charge in [0.15, 0.2) is 0 Å². The summed E-state index contributed by atoms with van der Waals surface area (Å²) in [5, 5.41) is 3.31. The highest BCUT2D eigenvalue weighted by atomic mass is 16.2. The van der Waals surface area contributed by atoms with Crippen molar-refractivity contribution in [1.82, 2.24) is 9.88 Å². The number of pyridine rings is 1. The number of nitrogens with one attached hydrogen (secondary N) is 1. The number of nitrogens with zero attached hydrogens (tertiary/aromatic N) is 2. The number of amides is 1. The van der Waals surface area contributed by atoms with Crippen LogP contribution < -0.4 is 5.32 Å². The fraction of sp³-hybridized carbons (Fsp3) is 0.217. The molecule has 0 atom stereocenters. The van der Waals surface area contributed by atoms with Gasteiger partial charge in [-0.1, -0.05) is 30.3 Å². The first kappa shape index (κ1) is 17.3. The number of hydrogen-bond acceptors (Lipinski definition) is 3. The Morgan fingerprint density at radius 3 is 2.44 bits per heavy atom. The van der Waals surface area contributed by atoms with Gasteiger partial charge < -0.3 is 10.2 Å². The van der Waals surface area contributed by atoms with E-state index in [1.807, 2.05) is 23.1 Å². The summed E-state index contributed by atoms with van der Waals surface area (Å²) in [6, 6.07) is 18.3. The van der Waals surface area contributed by atoms with Gasteiger partial charge in [-0.25, -0.2) is 4.98 Å². The fourth-order valence-electron chi connectivity index (χ4n) is 3.64. The van der Waals surface area contributed by atoms with E-state index in [9.17, 15) is 4.79 Å². The molecule has 4 heteroatoms. The Labute approximate surface area is 159 Å². The highest BCUT2D eigenvalue weighted by Crippen LogP contribution is 2.21. The summed E-state index contributed by atoms with van der Waals surface area (Å²) in [7, 11) is 0. The number of carbonyl (C=O) groups is 1. The van der Waals surface area contributed by atoms with Crippen LogP contribution in [0.1, 0.15) is 32.6 Å². The van der Waals surface area contributed by atoms with Gasteiger partial charge in [0.05, 0.1) is 5.56 Å². The van der Waals surface area contributed by atoms with Gasteiger partial charge in [0.1, 0.15) is 5.82 Å². The van der Waals surface area contributed by atoms with Crippen LogP contribution in [0.4, 0.5) is 11.5 Å². The fourth-order valence-corrected chi connectivity index (χ4v) is 3.64. The summed E-state index contributed by atoms with van der Waals surface area (Å²) in [4.78, 5) is 19.2. The van der Waals surface area contributed by atoms with E-state index >= 15 is 0 Å². The predicted molar refractivity (Wildman–Crippen MR) is 108 cm³/mol. The molecule has 0 saturated heterocycles. The van der Waals surface area contributed by atoms with Gasteiger partial charge in [-0.2, -0.15) is 0 Å². The minimum Gasteiger partial charge on any atom is -0.340 e. The minimum atomic E-state index is 0.0370. The molecule has 0 radical (unpaired) electrons. The van der Waals surface area contributed by atoms with Crippen molar-refractivity contribution in [2.24, 2.45) is 0 Å². The maximum atomic E-state index is 12.8. The molecule has 1 N–H and O–H groups in total. The third-order valence-corrected chi connectivity index (χ3v) is 4.92. The van der Waals surface area contributed by atoms with Crippen LogP contribution in [0.3, 0.4) is 0 Å². The van der Waals surface area contributed by atoms with Gasteiger partial charge >= 0.3 is 0 Å². The molecule has 136 valence electrons. The van der Waals surface area contributed by atoms with Crippen LogP contribution in [0.5, 0.6) is 0 Å². The first-order valence-corrected chi connectivity index (χ1v) is 9.26. The maximum Gasteiger partial charge on any atom is 0.255 e. The summed E-state index contributed by atoms with van der Waals surface area (Å²) in [6.07, 6.45) is 2.57. The van der Waals surface area contributed by atoms with Gasteiger partial charge in [0, 0.05) is 25.0 Å². The van der Waals surface area contributed by atoms with Crippen LogP contribution in [0, 0.1) is 13.8 Å². The number of aryl methyl sites for hydroxylation is 2. The average Bonchev–Trinajstić information content (AvgIpc) is 2.67. The summed E-state index contributed by atoms with van der Waals surface area (Å²) in [5.41, 5.74) is 6.61. The molecule has 0 spiro atoms. The first-order chi connectivity index (χ1) is 13.1. The Kier molecular flexibility index (Phi) is 4.63. The van der Waals surface area contributed by atoms with Crippen molar-refractivity contribution in [3.63, 3.8) is 0 Å². The Morgan fingerprint density at radius 2 is 1.74 bits per heavy atom. The van der Waals surface area contributed by atoms with E-state index in [1.165, 1.54) is 22.3 Å². The second kappa shape index (κ2) is 7.23. The van der Waals surface area contributed by atoms with Crippen molar-refractivity contribution in [1.29, 1.82) is 0 Å². The van der Waals surface area contributed by atoms with Gasteiger partial charge in [-0.15, -0.1) is 0 Å². The molecule has 1 aliphatic heterocycles. The molecule has 4 nitrogen and oxygen atoms in total. The van der Waals surface area contributed by atoms with E-state index < -0.39 is 0 Å². The van der Waals surface area contributed by atoms with Crippen molar-refractivity contribution >= 4 is 17.4 Å². The molecule has 2 aromatic carbocycles. The zero-order valence-electron chi connectivity index (χ0n) is 15.7. The van der Waals surface area contributed by atoms with Crippen LogP contribution in [0.2, 0.25) is 0 Å².